The number of aromatic hydroxyl groups is 2. The quantitative estimate of drug-likeness (QED) is 0.277. The fourth-order valence-electron chi connectivity index (χ4n) is 3.51. The Morgan fingerprint density at radius 2 is 1.45 bits per heavy atom. The molecule has 6 heteroatoms. The van der Waals surface area contributed by atoms with Crippen LogP contribution >= 0.6 is 0 Å². The topological polar surface area (TPSA) is 81.9 Å². The number of nitrogens with one attached hydrogen (secondary N) is 1. The number of phenolic OH excluding ortho intramolecular Hbond substituents is 2. The minimum Gasteiger partial charge on any atom is -0.504 e. The van der Waals surface area contributed by atoms with Crippen molar-refractivity contribution in [1.82, 2.24) is 5.43 Å². The summed E-state index contributed by atoms with van der Waals surface area (Å²) in [5.41, 5.74) is 3.93. The van der Waals surface area contributed by atoms with E-state index in [0.717, 1.165) is 25.2 Å². The molecule has 0 aliphatic rings. The molecule has 0 fully saturated rings. The molecule has 0 aliphatic heterocycles. The van der Waals surface area contributed by atoms with Crippen molar-refractivity contribution < 1.29 is 19.5 Å². The van der Waals surface area contributed by atoms with Gasteiger partial charge in [-0.15, -0.1) is 0 Å². The molecule has 164 valence electrons. The molecule has 0 bridgehead atoms. The lowest BCUT2D eigenvalue weighted by Gasteiger charge is -2.34. The second kappa shape index (κ2) is 9.16. The highest BCUT2D eigenvalue weighted by molar-refractivity contribution is 5.89. The van der Waals surface area contributed by atoms with Crippen molar-refractivity contribution >= 4 is 12.1 Å². The van der Waals surface area contributed by atoms with Gasteiger partial charge in [-0.05, 0) is 37.2 Å². The summed E-state index contributed by atoms with van der Waals surface area (Å²) < 4.78 is 0.695. The lowest BCUT2D eigenvalue weighted by molar-refractivity contribution is -0.915. The maximum atomic E-state index is 12.4. The van der Waals surface area contributed by atoms with Crippen LogP contribution in [0.15, 0.2) is 11.2 Å². The van der Waals surface area contributed by atoms with Crippen LogP contribution in [-0.2, 0) is 15.6 Å². The van der Waals surface area contributed by atoms with E-state index in [-0.39, 0.29) is 28.2 Å². The number of carbonyl (C=O) groups excluding carboxylic acids is 1. The average Bonchev–Trinajstić information content (AvgIpc) is 2.61. The van der Waals surface area contributed by atoms with Gasteiger partial charge in [-0.1, -0.05) is 47.6 Å². The van der Waals surface area contributed by atoms with Crippen molar-refractivity contribution in [2.45, 2.75) is 73.1 Å². The summed E-state index contributed by atoms with van der Waals surface area (Å²) >= 11 is 0. The molecule has 0 aromatic heterocycles. The molecule has 0 heterocycles. The van der Waals surface area contributed by atoms with E-state index in [0.29, 0.717) is 22.2 Å². The first kappa shape index (κ1) is 25.0. The third-order valence-corrected chi connectivity index (χ3v) is 5.80. The van der Waals surface area contributed by atoms with E-state index in [1.165, 1.54) is 6.21 Å². The number of quaternary nitrogens is 1. The highest BCUT2D eigenvalue weighted by atomic mass is 16.3. The third kappa shape index (κ3) is 5.95. The smallest absolute Gasteiger partial charge is 0.295 e. The highest BCUT2D eigenvalue weighted by Gasteiger charge is 2.29. The van der Waals surface area contributed by atoms with Gasteiger partial charge in [-0.2, -0.15) is 5.10 Å². The number of benzene rings is 1. The average molecular weight is 407 g/mol. The standard InChI is InChI=1S/C23H39N3O3/c1-10-26(11-2,12-3)15-19(27)25-24-14-16-17(22(4,5)6)13-18(23(7,8)9)21(29)20(16)28/h13-14H,10-12,15H2,1-9H3,(H2-,24,25,27,28,29)/p+1. The number of phenols is 2. The summed E-state index contributed by atoms with van der Waals surface area (Å²) in [6.07, 6.45) is 1.43. The first-order valence-electron chi connectivity index (χ1n) is 10.5. The van der Waals surface area contributed by atoms with Crippen LogP contribution in [0.3, 0.4) is 0 Å². The lowest BCUT2D eigenvalue weighted by Crippen LogP contribution is -2.52. The third-order valence-electron chi connectivity index (χ3n) is 5.80. The molecule has 1 aromatic carbocycles. The zero-order chi connectivity index (χ0) is 22.6. The number of hydrogen-bond acceptors (Lipinski definition) is 4. The number of carbonyl (C=O) groups is 1. The number of hydrogen-bond donors (Lipinski definition) is 3. The SMILES string of the molecule is CC[N+](CC)(CC)CC(=O)NN=Cc1c(C(C)(C)C)cc(C(C)(C)C)c(O)c1O. The van der Waals surface area contributed by atoms with Gasteiger partial charge in [0.1, 0.15) is 0 Å². The summed E-state index contributed by atoms with van der Waals surface area (Å²) in [6.45, 7) is 21.3. The Labute approximate surface area is 176 Å². The summed E-state index contributed by atoms with van der Waals surface area (Å²) in [6, 6.07) is 1.92. The molecule has 3 N–H and O–H groups in total. The van der Waals surface area contributed by atoms with Crippen LogP contribution in [0.25, 0.3) is 0 Å². The molecule has 0 unspecified atom stereocenters. The molecule has 6 nitrogen and oxygen atoms in total. The van der Waals surface area contributed by atoms with Gasteiger partial charge >= 0.3 is 0 Å². The van der Waals surface area contributed by atoms with Crippen molar-refractivity contribution in [3.8, 4) is 11.5 Å². The highest BCUT2D eigenvalue weighted by Crippen LogP contribution is 2.43. The number of hydrazone groups is 1. The zero-order valence-electron chi connectivity index (χ0n) is 19.7. The molecule has 1 aromatic rings. The number of likely N-dealkylation sites (N-methyl/N-ethyl adjacent to an activating group) is 1. The predicted molar refractivity (Wildman–Crippen MR) is 120 cm³/mol. The van der Waals surface area contributed by atoms with Crippen LogP contribution in [0, 0.1) is 0 Å². The summed E-state index contributed by atoms with van der Waals surface area (Å²) in [7, 11) is 0. The predicted octanol–water partition coefficient (Wildman–Crippen LogP) is 4.02. The van der Waals surface area contributed by atoms with Gasteiger partial charge in [0, 0.05) is 11.1 Å². The van der Waals surface area contributed by atoms with E-state index in [2.05, 4.69) is 31.3 Å². The normalized spacial score (nSPS) is 13.1. The van der Waals surface area contributed by atoms with E-state index in [4.69, 9.17) is 0 Å². The summed E-state index contributed by atoms with van der Waals surface area (Å²) in [5.74, 6) is -0.516. The first-order chi connectivity index (χ1) is 13.2. The molecule has 29 heavy (non-hydrogen) atoms. The minimum atomic E-state index is -0.326. The van der Waals surface area contributed by atoms with E-state index >= 15 is 0 Å². The van der Waals surface area contributed by atoms with Crippen LogP contribution in [0.1, 0.15) is 79.0 Å². The molecule has 1 rings (SSSR count). The van der Waals surface area contributed by atoms with Crippen molar-refractivity contribution in [1.29, 1.82) is 0 Å². The molecule has 0 radical (unpaired) electrons. The van der Waals surface area contributed by atoms with Crippen LogP contribution in [0.2, 0.25) is 0 Å². The molecule has 0 spiro atoms. The Morgan fingerprint density at radius 1 is 0.966 bits per heavy atom. The fourth-order valence-corrected chi connectivity index (χ4v) is 3.51. The van der Waals surface area contributed by atoms with Gasteiger partial charge in [-0.3, -0.25) is 4.79 Å². The monoisotopic (exact) mass is 406 g/mol. The maximum Gasteiger partial charge on any atom is 0.295 e. The van der Waals surface area contributed by atoms with Crippen molar-refractivity contribution in [3.63, 3.8) is 0 Å². The first-order valence-corrected chi connectivity index (χ1v) is 10.5. The Morgan fingerprint density at radius 3 is 1.86 bits per heavy atom. The second-order valence-corrected chi connectivity index (χ2v) is 9.82. The van der Waals surface area contributed by atoms with Crippen molar-refractivity contribution in [3.05, 3.63) is 22.8 Å². The molecular weight excluding hydrogens is 366 g/mol. The minimum absolute atomic E-state index is 0.142. The van der Waals surface area contributed by atoms with Crippen LogP contribution in [-0.4, -0.2) is 53.0 Å². The van der Waals surface area contributed by atoms with Gasteiger partial charge in [0.05, 0.1) is 25.8 Å². The molecule has 1 amide bonds. The Balaban J connectivity index is 3.25. The molecule has 0 aliphatic carbocycles. The Bertz CT molecular complexity index is 744. The van der Waals surface area contributed by atoms with Gasteiger partial charge in [0.2, 0.25) is 0 Å². The largest absolute Gasteiger partial charge is 0.504 e. The number of amides is 1. The Hall–Kier alpha value is -2.08. The van der Waals surface area contributed by atoms with E-state index in [1.54, 1.807) is 0 Å². The van der Waals surface area contributed by atoms with Gasteiger partial charge < -0.3 is 14.7 Å². The second-order valence-electron chi connectivity index (χ2n) is 9.82. The van der Waals surface area contributed by atoms with E-state index in [1.807, 2.05) is 47.6 Å². The Kier molecular flexibility index (Phi) is 7.88. The number of nitrogens with zero attached hydrogens (tertiary/aromatic N) is 2. The van der Waals surface area contributed by atoms with Crippen LogP contribution in [0.4, 0.5) is 0 Å². The van der Waals surface area contributed by atoms with Crippen molar-refractivity contribution in [2.75, 3.05) is 26.2 Å². The van der Waals surface area contributed by atoms with Gasteiger partial charge in [-0.25, -0.2) is 5.43 Å². The molecule has 0 atom stereocenters. The lowest BCUT2D eigenvalue weighted by atomic mass is 9.77. The van der Waals surface area contributed by atoms with Crippen LogP contribution < -0.4 is 5.43 Å². The molecule has 0 saturated carbocycles. The van der Waals surface area contributed by atoms with Crippen LogP contribution in [0.5, 0.6) is 11.5 Å². The van der Waals surface area contributed by atoms with Gasteiger partial charge in [0.25, 0.3) is 5.91 Å². The maximum absolute atomic E-state index is 12.4. The van der Waals surface area contributed by atoms with E-state index in [9.17, 15) is 15.0 Å². The van der Waals surface area contributed by atoms with Gasteiger partial charge in [0.15, 0.2) is 18.0 Å². The molecule has 0 saturated heterocycles. The summed E-state index contributed by atoms with van der Waals surface area (Å²) in [4.78, 5) is 12.4. The van der Waals surface area contributed by atoms with E-state index < -0.39 is 0 Å². The number of rotatable bonds is 7. The summed E-state index contributed by atoms with van der Waals surface area (Å²) in [5, 5.41) is 25.3. The zero-order valence-corrected chi connectivity index (χ0v) is 19.7. The van der Waals surface area contributed by atoms with Crippen molar-refractivity contribution in [2.24, 2.45) is 5.10 Å². The fraction of sp³-hybridized carbons (Fsp3) is 0.652. The molecular formula is C23H40N3O3+.